The number of nitrogens with zero attached hydrogens (tertiary/aromatic N) is 2. The zero-order valence-corrected chi connectivity index (χ0v) is 15.8. The number of aryl methyl sites for hydroxylation is 1. The zero-order chi connectivity index (χ0) is 19.9. The largest absolute Gasteiger partial charge is 0.396 e. The van der Waals surface area contributed by atoms with Crippen molar-refractivity contribution in [1.29, 1.82) is 0 Å². The normalized spacial score (nSPS) is 10.6. The summed E-state index contributed by atoms with van der Waals surface area (Å²) < 4.78 is 1.38. The number of aromatic nitrogens is 2. The quantitative estimate of drug-likeness (QED) is 0.660. The van der Waals surface area contributed by atoms with E-state index in [0.717, 1.165) is 11.1 Å². The average molecular weight is 377 g/mol. The Kier molecular flexibility index (Phi) is 6.34. The van der Waals surface area contributed by atoms with Gasteiger partial charge in [0.05, 0.1) is 0 Å². The van der Waals surface area contributed by atoms with Crippen LogP contribution in [0.1, 0.15) is 16.8 Å². The minimum absolute atomic E-state index is 0.137. The van der Waals surface area contributed by atoms with Crippen LogP contribution in [0.5, 0.6) is 0 Å². The fourth-order valence-corrected chi connectivity index (χ4v) is 3.05. The van der Waals surface area contributed by atoms with E-state index in [9.17, 15) is 14.7 Å². The predicted molar refractivity (Wildman–Crippen MR) is 108 cm³/mol. The lowest BCUT2D eigenvalue weighted by atomic mass is 10.1. The number of aliphatic hydroxyl groups excluding tert-OH is 1. The molecule has 3 aromatic rings. The van der Waals surface area contributed by atoms with Gasteiger partial charge in [0.1, 0.15) is 12.4 Å². The SMILES string of the molecule is Cc1nc(-c2ccccc2)n(CC(=O)NCc2ccccc2)c(=O)c1CCO. The number of carbonyl (C=O) groups is 1. The minimum Gasteiger partial charge on any atom is -0.396 e. The number of aliphatic hydroxyl groups is 1. The van der Waals surface area contributed by atoms with E-state index in [1.54, 1.807) is 6.92 Å². The Balaban J connectivity index is 1.92. The van der Waals surface area contributed by atoms with Gasteiger partial charge in [-0.3, -0.25) is 14.2 Å². The second-order valence-corrected chi connectivity index (χ2v) is 6.49. The first kappa shape index (κ1) is 19.5. The first-order chi connectivity index (χ1) is 13.6. The summed E-state index contributed by atoms with van der Waals surface area (Å²) in [6.07, 6.45) is 0.207. The molecule has 2 N–H and O–H groups in total. The van der Waals surface area contributed by atoms with Crippen LogP contribution in [0, 0.1) is 6.92 Å². The number of rotatable bonds is 7. The maximum atomic E-state index is 13.0. The Labute approximate surface area is 163 Å². The fraction of sp³-hybridized carbons (Fsp3) is 0.227. The Morgan fingerprint density at radius 2 is 1.71 bits per heavy atom. The topological polar surface area (TPSA) is 84.2 Å². The van der Waals surface area contributed by atoms with Crippen molar-refractivity contribution in [2.45, 2.75) is 26.4 Å². The van der Waals surface area contributed by atoms with Gasteiger partial charge in [0, 0.05) is 36.4 Å². The highest BCUT2D eigenvalue weighted by molar-refractivity contribution is 5.76. The van der Waals surface area contributed by atoms with Crippen LogP contribution in [0.4, 0.5) is 0 Å². The summed E-state index contributed by atoms with van der Waals surface area (Å²) in [6, 6.07) is 18.9. The smallest absolute Gasteiger partial charge is 0.257 e. The maximum absolute atomic E-state index is 13.0. The van der Waals surface area contributed by atoms with Crippen LogP contribution in [0.3, 0.4) is 0 Å². The molecule has 0 aliphatic heterocycles. The molecule has 3 rings (SSSR count). The summed E-state index contributed by atoms with van der Waals surface area (Å²) in [5.74, 6) is 0.170. The number of nitrogens with one attached hydrogen (secondary N) is 1. The first-order valence-electron chi connectivity index (χ1n) is 9.17. The van der Waals surface area contributed by atoms with E-state index >= 15 is 0 Å². The van der Waals surface area contributed by atoms with Gasteiger partial charge in [-0.1, -0.05) is 60.7 Å². The molecule has 0 atom stereocenters. The first-order valence-corrected chi connectivity index (χ1v) is 9.17. The van der Waals surface area contributed by atoms with E-state index in [4.69, 9.17) is 0 Å². The highest BCUT2D eigenvalue weighted by Crippen LogP contribution is 2.17. The maximum Gasteiger partial charge on any atom is 0.257 e. The molecule has 0 saturated heterocycles. The zero-order valence-electron chi connectivity index (χ0n) is 15.8. The molecule has 144 valence electrons. The van der Waals surface area contributed by atoms with Gasteiger partial charge in [0.25, 0.3) is 5.56 Å². The van der Waals surface area contributed by atoms with E-state index in [2.05, 4.69) is 10.3 Å². The van der Waals surface area contributed by atoms with E-state index in [1.807, 2.05) is 60.7 Å². The average Bonchev–Trinajstić information content (AvgIpc) is 2.73. The molecule has 0 spiro atoms. The van der Waals surface area contributed by atoms with Gasteiger partial charge in [-0.2, -0.15) is 0 Å². The van der Waals surface area contributed by atoms with Crippen LogP contribution >= 0.6 is 0 Å². The van der Waals surface area contributed by atoms with E-state index in [1.165, 1.54) is 4.57 Å². The van der Waals surface area contributed by atoms with Crippen molar-refractivity contribution in [3.05, 3.63) is 87.8 Å². The van der Waals surface area contributed by atoms with Gasteiger partial charge in [-0.25, -0.2) is 4.98 Å². The molecule has 2 aromatic carbocycles. The van der Waals surface area contributed by atoms with Crippen LogP contribution in [0.15, 0.2) is 65.5 Å². The minimum atomic E-state index is -0.296. The Morgan fingerprint density at radius 3 is 2.36 bits per heavy atom. The highest BCUT2D eigenvalue weighted by atomic mass is 16.3. The summed E-state index contributed by atoms with van der Waals surface area (Å²) in [5.41, 5.74) is 2.44. The van der Waals surface area contributed by atoms with Crippen LogP contribution in [-0.2, 0) is 24.3 Å². The van der Waals surface area contributed by atoms with Crippen LogP contribution in [0.25, 0.3) is 11.4 Å². The van der Waals surface area contributed by atoms with Gasteiger partial charge < -0.3 is 10.4 Å². The predicted octanol–water partition coefficient (Wildman–Crippen LogP) is 2.07. The molecule has 1 heterocycles. The molecule has 0 unspecified atom stereocenters. The molecule has 0 aliphatic carbocycles. The number of hydrogen-bond acceptors (Lipinski definition) is 4. The molecule has 1 aromatic heterocycles. The number of hydrogen-bond donors (Lipinski definition) is 2. The van der Waals surface area contributed by atoms with Crippen molar-refractivity contribution in [3.8, 4) is 11.4 Å². The summed E-state index contributed by atoms with van der Waals surface area (Å²) >= 11 is 0. The molecular weight excluding hydrogens is 354 g/mol. The molecule has 28 heavy (non-hydrogen) atoms. The molecule has 0 fully saturated rings. The van der Waals surface area contributed by atoms with Crippen molar-refractivity contribution >= 4 is 5.91 Å². The molecular formula is C22H23N3O3. The monoisotopic (exact) mass is 377 g/mol. The van der Waals surface area contributed by atoms with E-state index in [0.29, 0.717) is 23.6 Å². The second-order valence-electron chi connectivity index (χ2n) is 6.49. The van der Waals surface area contributed by atoms with Crippen molar-refractivity contribution < 1.29 is 9.90 Å². The summed E-state index contributed by atoms with van der Waals surface area (Å²) in [5, 5.41) is 12.1. The molecule has 6 heteroatoms. The fourth-order valence-electron chi connectivity index (χ4n) is 3.05. The third-order valence-corrected chi connectivity index (χ3v) is 4.50. The highest BCUT2D eigenvalue weighted by Gasteiger charge is 2.17. The standard InChI is InChI=1S/C22H23N3O3/c1-16-19(12-13-26)22(28)25(21(24-16)18-10-6-3-7-11-18)15-20(27)23-14-17-8-4-2-5-9-17/h2-11,26H,12-15H2,1H3,(H,23,27). The number of benzene rings is 2. The lowest BCUT2D eigenvalue weighted by molar-refractivity contribution is -0.121. The van der Waals surface area contributed by atoms with Gasteiger partial charge in [-0.05, 0) is 12.5 Å². The van der Waals surface area contributed by atoms with Crippen molar-refractivity contribution in [2.75, 3.05) is 6.61 Å². The Morgan fingerprint density at radius 1 is 1.07 bits per heavy atom. The summed E-state index contributed by atoms with van der Waals surface area (Å²) in [4.78, 5) is 30.1. The van der Waals surface area contributed by atoms with Gasteiger partial charge in [0.15, 0.2) is 0 Å². The van der Waals surface area contributed by atoms with Gasteiger partial charge in [0.2, 0.25) is 5.91 Å². The molecule has 6 nitrogen and oxygen atoms in total. The van der Waals surface area contributed by atoms with Crippen LogP contribution in [0.2, 0.25) is 0 Å². The molecule has 0 bridgehead atoms. The van der Waals surface area contributed by atoms with E-state index < -0.39 is 0 Å². The summed E-state index contributed by atoms with van der Waals surface area (Å²) in [7, 11) is 0. The third kappa shape index (κ3) is 4.53. The number of carbonyl (C=O) groups excluding carboxylic acids is 1. The molecule has 0 saturated carbocycles. The third-order valence-electron chi connectivity index (χ3n) is 4.50. The molecule has 1 amide bonds. The summed E-state index contributed by atoms with van der Waals surface area (Å²) in [6.45, 7) is 1.85. The van der Waals surface area contributed by atoms with Gasteiger partial charge in [-0.15, -0.1) is 0 Å². The molecule has 0 radical (unpaired) electrons. The Hall–Kier alpha value is -3.25. The van der Waals surface area contributed by atoms with E-state index in [-0.39, 0.29) is 31.0 Å². The molecule has 0 aliphatic rings. The van der Waals surface area contributed by atoms with Crippen LogP contribution < -0.4 is 10.9 Å². The lowest BCUT2D eigenvalue weighted by Gasteiger charge is -2.16. The Bertz CT molecular complexity index is 999. The van der Waals surface area contributed by atoms with Crippen molar-refractivity contribution in [1.82, 2.24) is 14.9 Å². The second kappa shape index (κ2) is 9.10. The van der Waals surface area contributed by atoms with Crippen molar-refractivity contribution in [2.24, 2.45) is 0 Å². The van der Waals surface area contributed by atoms with Crippen molar-refractivity contribution in [3.63, 3.8) is 0 Å². The lowest BCUT2D eigenvalue weighted by Crippen LogP contribution is -2.35. The van der Waals surface area contributed by atoms with Gasteiger partial charge >= 0.3 is 0 Å². The van der Waals surface area contributed by atoms with Crippen LogP contribution in [-0.4, -0.2) is 27.2 Å². The number of amides is 1.